The maximum Gasteiger partial charge on any atom is 1.00 e. The molecule has 176 valence electrons. The van der Waals surface area contributed by atoms with E-state index in [0.717, 1.165) is 24.8 Å². The van der Waals surface area contributed by atoms with Gasteiger partial charge in [0.15, 0.2) is 0 Å². The van der Waals surface area contributed by atoms with Gasteiger partial charge in [0.2, 0.25) is 0 Å². The Morgan fingerprint density at radius 3 is 1.61 bits per heavy atom. The first kappa shape index (κ1) is 33.3. The Labute approximate surface area is 216 Å². The fraction of sp³-hybridized carbons (Fsp3) is 0.769. The molecular formula is C26H47NaO3S. The van der Waals surface area contributed by atoms with Gasteiger partial charge in [0.1, 0.15) is 0 Å². The zero-order chi connectivity index (χ0) is 21.4. The van der Waals surface area contributed by atoms with Crippen molar-refractivity contribution in [2.45, 2.75) is 130 Å². The number of rotatable bonds is 18. The first-order valence-electron chi connectivity index (χ1n) is 12.0. The van der Waals surface area contributed by atoms with Gasteiger partial charge in [-0.15, -0.1) is 0 Å². The molecule has 31 heavy (non-hydrogen) atoms. The van der Waals surface area contributed by atoms with Crippen LogP contribution in [0.1, 0.15) is 128 Å². The van der Waals surface area contributed by atoms with Crippen LogP contribution in [0.25, 0.3) is 0 Å². The summed E-state index contributed by atoms with van der Waals surface area (Å²) in [6.07, 6.45) is 19.6. The number of aryl methyl sites for hydroxylation is 2. The van der Waals surface area contributed by atoms with Crippen molar-refractivity contribution < 1.29 is 42.5 Å². The summed E-state index contributed by atoms with van der Waals surface area (Å²) in [5.74, 6) is -0.378. The molecule has 0 saturated heterocycles. The number of benzene rings is 1. The van der Waals surface area contributed by atoms with Gasteiger partial charge in [0.25, 0.3) is 0 Å². The number of hydrogen-bond acceptors (Lipinski definition) is 3. The monoisotopic (exact) mass is 462 g/mol. The molecule has 0 aliphatic heterocycles. The first-order valence-corrected chi connectivity index (χ1v) is 13.6. The molecule has 5 heteroatoms. The van der Waals surface area contributed by atoms with Crippen molar-refractivity contribution in [3.05, 3.63) is 34.9 Å². The van der Waals surface area contributed by atoms with Gasteiger partial charge in [-0.05, 0) is 42.4 Å². The van der Waals surface area contributed by atoms with Crippen LogP contribution in [0.15, 0.2) is 18.2 Å². The molecule has 0 aliphatic rings. The van der Waals surface area contributed by atoms with E-state index in [9.17, 15) is 13.0 Å². The molecule has 0 saturated carbocycles. The van der Waals surface area contributed by atoms with Gasteiger partial charge >= 0.3 is 29.6 Å². The van der Waals surface area contributed by atoms with Crippen LogP contribution < -0.4 is 29.6 Å². The standard InChI is InChI=1S/C25H44O3S.CH4.Na/c1-3-5-7-9-11-13-15-17-23-19-20-25(22-29(26,27)28)24(21-23)18-16-14-12-10-8-6-4-2;;/h19-21H,3-18,22H2,1-2H3,(H,26,27,28);1H4;/q;;+1/p-1. The molecule has 0 unspecified atom stereocenters. The van der Waals surface area contributed by atoms with E-state index >= 15 is 0 Å². The van der Waals surface area contributed by atoms with E-state index in [1.807, 2.05) is 12.1 Å². The Balaban J connectivity index is 0. The van der Waals surface area contributed by atoms with Crippen LogP contribution in [-0.4, -0.2) is 13.0 Å². The summed E-state index contributed by atoms with van der Waals surface area (Å²) in [5, 5.41) is 0. The molecule has 1 aromatic rings. The molecular weight excluding hydrogens is 415 g/mol. The number of unbranched alkanes of at least 4 members (excludes halogenated alkanes) is 12. The second-order valence-electron chi connectivity index (χ2n) is 8.55. The van der Waals surface area contributed by atoms with Crippen LogP contribution in [0.2, 0.25) is 0 Å². The molecule has 0 fully saturated rings. The van der Waals surface area contributed by atoms with E-state index in [1.54, 1.807) is 0 Å². The molecule has 0 radical (unpaired) electrons. The average molecular weight is 463 g/mol. The van der Waals surface area contributed by atoms with Gasteiger partial charge in [-0.2, -0.15) is 0 Å². The zero-order valence-electron chi connectivity index (χ0n) is 19.9. The van der Waals surface area contributed by atoms with Crippen molar-refractivity contribution in [1.82, 2.24) is 0 Å². The molecule has 1 rings (SSSR count). The minimum Gasteiger partial charge on any atom is -0.748 e. The van der Waals surface area contributed by atoms with Gasteiger partial charge in [0, 0.05) is 0 Å². The van der Waals surface area contributed by atoms with Crippen LogP contribution in [0, 0.1) is 0 Å². The maximum absolute atomic E-state index is 11.3. The molecule has 0 aliphatic carbocycles. The average Bonchev–Trinajstić information content (AvgIpc) is 2.67. The van der Waals surface area contributed by atoms with Gasteiger partial charge in [-0.3, -0.25) is 0 Å². The quantitative estimate of drug-likeness (QED) is 0.176. The summed E-state index contributed by atoms with van der Waals surface area (Å²) in [4.78, 5) is 0. The summed E-state index contributed by atoms with van der Waals surface area (Å²) in [6.45, 7) is 4.47. The Bertz CT molecular complexity index is 644. The summed E-state index contributed by atoms with van der Waals surface area (Å²) >= 11 is 0. The second kappa shape index (κ2) is 20.7. The zero-order valence-corrected chi connectivity index (χ0v) is 22.7. The Morgan fingerprint density at radius 2 is 1.13 bits per heavy atom. The van der Waals surface area contributed by atoms with Crippen LogP contribution in [0.5, 0.6) is 0 Å². The van der Waals surface area contributed by atoms with Gasteiger partial charge in [-0.1, -0.05) is 117 Å². The summed E-state index contributed by atoms with van der Waals surface area (Å²) in [7, 11) is -4.24. The molecule has 0 atom stereocenters. The summed E-state index contributed by atoms with van der Waals surface area (Å²) < 4.78 is 33.8. The topological polar surface area (TPSA) is 57.2 Å². The third-order valence-electron chi connectivity index (χ3n) is 5.72. The van der Waals surface area contributed by atoms with Gasteiger partial charge < -0.3 is 4.55 Å². The third-order valence-corrected chi connectivity index (χ3v) is 6.39. The summed E-state index contributed by atoms with van der Waals surface area (Å²) in [5.41, 5.74) is 3.05. The van der Waals surface area contributed by atoms with Gasteiger partial charge in [-0.25, -0.2) is 8.42 Å². The Kier molecular flexibility index (Phi) is 22.3. The van der Waals surface area contributed by atoms with E-state index in [0.29, 0.717) is 5.56 Å². The van der Waals surface area contributed by atoms with E-state index < -0.39 is 10.1 Å². The smallest absolute Gasteiger partial charge is 0.748 e. The van der Waals surface area contributed by atoms with Gasteiger partial charge in [0.05, 0.1) is 15.9 Å². The minimum absolute atomic E-state index is 0. The number of hydrogen-bond donors (Lipinski definition) is 0. The van der Waals surface area contributed by atoms with Crippen LogP contribution in [-0.2, 0) is 28.7 Å². The van der Waals surface area contributed by atoms with E-state index in [1.165, 1.54) is 89.0 Å². The van der Waals surface area contributed by atoms with Crippen molar-refractivity contribution in [2.24, 2.45) is 0 Å². The molecule has 0 spiro atoms. The molecule has 3 nitrogen and oxygen atoms in total. The molecule has 0 aromatic heterocycles. The van der Waals surface area contributed by atoms with Crippen LogP contribution in [0.3, 0.4) is 0 Å². The largest absolute Gasteiger partial charge is 1.00 e. The predicted octanol–water partition coefficient (Wildman–Crippen LogP) is 4.96. The SMILES string of the molecule is C.CCCCCCCCCc1ccc(CS(=O)(=O)[O-])c(CCCCCCCCC)c1.[Na+]. The second-order valence-corrected chi connectivity index (χ2v) is 9.95. The Morgan fingerprint density at radius 1 is 0.677 bits per heavy atom. The predicted molar refractivity (Wildman–Crippen MR) is 130 cm³/mol. The maximum atomic E-state index is 11.3. The van der Waals surface area contributed by atoms with Crippen molar-refractivity contribution >= 4 is 10.1 Å². The van der Waals surface area contributed by atoms with E-state index in [4.69, 9.17) is 0 Å². The molecule has 1 aromatic carbocycles. The molecule has 0 heterocycles. The third kappa shape index (κ3) is 18.3. The van der Waals surface area contributed by atoms with Crippen molar-refractivity contribution in [1.29, 1.82) is 0 Å². The molecule has 0 N–H and O–H groups in total. The summed E-state index contributed by atoms with van der Waals surface area (Å²) in [6, 6.07) is 6.06. The Hall–Kier alpha value is 0.130. The van der Waals surface area contributed by atoms with Crippen LogP contribution >= 0.6 is 0 Å². The van der Waals surface area contributed by atoms with Crippen LogP contribution in [0.4, 0.5) is 0 Å². The van der Waals surface area contributed by atoms with Crippen molar-refractivity contribution in [3.63, 3.8) is 0 Å². The van der Waals surface area contributed by atoms with E-state index in [2.05, 4.69) is 19.9 Å². The molecule has 0 amide bonds. The van der Waals surface area contributed by atoms with E-state index in [-0.39, 0.29) is 42.7 Å². The fourth-order valence-electron chi connectivity index (χ4n) is 3.96. The first-order chi connectivity index (χ1) is 14.0. The molecule has 0 bridgehead atoms. The van der Waals surface area contributed by atoms with Crippen molar-refractivity contribution in [3.8, 4) is 0 Å². The normalized spacial score (nSPS) is 11.1. The fourth-order valence-corrected chi connectivity index (χ4v) is 4.62. The van der Waals surface area contributed by atoms with Crippen molar-refractivity contribution in [2.75, 3.05) is 0 Å². The minimum atomic E-state index is -4.24.